The Balaban J connectivity index is 1.97. The van der Waals surface area contributed by atoms with Crippen LogP contribution in [0.4, 0.5) is 4.39 Å². The first-order valence-corrected chi connectivity index (χ1v) is 6.49. The molecule has 0 aromatic heterocycles. The summed E-state index contributed by atoms with van der Waals surface area (Å²) < 4.78 is 13.5. The first kappa shape index (κ1) is 12.6. The standard InChI is InChI=1S/C14H16ClFO/c15-13-6-3-7-14(16)12(13)9-11(17)8-10-4-1-2-5-10/h3,6-7,10H,1-2,4-5,8-9H2. The zero-order valence-electron chi connectivity index (χ0n) is 9.72. The molecule has 92 valence electrons. The maximum Gasteiger partial charge on any atom is 0.137 e. The van der Waals surface area contributed by atoms with Crippen molar-refractivity contribution in [3.63, 3.8) is 0 Å². The third-order valence-corrected chi connectivity index (χ3v) is 3.78. The predicted molar refractivity (Wildman–Crippen MR) is 66.7 cm³/mol. The van der Waals surface area contributed by atoms with E-state index in [0.29, 0.717) is 22.9 Å². The van der Waals surface area contributed by atoms with Crippen molar-refractivity contribution in [2.45, 2.75) is 38.5 Å². The second kappa shape index (κ2) is 5.63. The van der Waals surface area contributed by atoms with Crippen molar-refractivity contribution < 1.29 is 9.18 Å². The third kappa shape index (κ3) is 3.29. The molecule has 0 aliphatic heterocycles. The molecule has 0 spiro atoms. The molecule has 1 nitrogen and oxygen atoms in total. The van der Waals surface area contributed by atoms with Crippen LogP contribution in [0.2, 0.25) is 5.02 Å². The SMILES string of the molecule is O=C(Cc1c(F)cccc1Cl)CC1CCCC1. The van der Waals surface area contributed by atoms with Crippen LogP contribution in [-0.4, -0.2) is 5.78 Å². The number of rotatable bonds is 4. The zero-order chi connectivity index (χ0) is 12.3. The molecule has 0 atom stereocenters. The minimum atomic E-state index is -0.378. The minimum Gasteiger partial charge on any atom is -0.299 e. The van der Waals surface area contributed by atoms with Gasteiger partial charge in [0.2, 0.25) is 0 Å². The number of carbonyl (C=O) groups is 1. The van der Waals surface area contributed by atoms with Gasteiger partial charge in [-0.3, -0.25) is 4.79 Å². The van der Waals surface area contributed by atoms with Crippen LogP contribution < -0.4 is 0 Å². The second-order valence-electron chi connectivity index (χ2n) is 4.77. The van der Waals surface area contributed by atoms with Gasteiger partial charge in [0.05, 0.1) is 0 Å². The van der Waals surface area contributed by atoms with Crippen LogP contribution in [0.1, 0.15) is 37.7 Å². The monoisotopic (exact) mass is 254 g/mol. The fraction of sp³-hybridized carbons (Fsp3) is 0.500. The van der Waals surface area contributed by atoms with Gasteiger partial charge < -0.3 is 0 Å². The number of halogens is 2. The average Bonchev–Trinajstić information content (AvgIpc) is 2.76. The Morgan fingerprint density at radius 1 is 1.35 bits per heavy atom. The van der Waals surface area contributed by atoms with Gasteiger partial charge in [0.15, 0.2) is 0 Å². The van der Waals surface area contributed by atoms with Gasteiger partial charge in [0.25, 0.3) is 0 Å². The summed E-state index contributed by atoms with van der Waals surface area (Å²) in [5, 5.41) is 0.352. The topological polar surface area (TPSA) is 17.1 Å². The van der Waals surface area contributed by atoms with Gasteiger partial charge in [-0.1, -0.05) is 43.4 Å². The molecule has 1 aliphatic carbocycles. The van der Waals surface area contributed by atoms with Gasteiger partial charge >= 0.3 is 0 Å². The van der Waals surface area contributed by atoms with Gasteiger partial charge in [0.1, 0.15) is 11.6 Å². The van der Waals surface area contributed by atoms with Crippen LogP contribution in [0.3, 0.4) is 0 Å². The first-order chi connectivity index (χ1) is 8.16. The van der Waals surface area contributed by atoms with E-state index in [0.717, 1.165) is 12.8 Å². The highest BCUT2D eigenvalue weighted by Gasteiger charge is 2.20. The lowest BCUT2D eigenvalue weighted by Gasteiger charge is -2.09. The van der Waals surface area contributed by atoms with Crippen LogP contribution in [-0.2, 0) is 11.2 Å². The van der Waals surface area contributed by atoms with E-state index in [9.17, 15) is 9.18 Å². The van der Waals surface area contributed by atoms with E-state index in [-0.39, 0.29) is 18.0 Å². The van der Waals surface area contributed by atoms with E-state index < -0.39 is 0 Å². The van der Waals surface area contributed by atoms with Crippen molar-refractivity contribution in [3.05, 3.63) is 34.6 Å². The summed E-state index contributed by atoms with van der Waals surface area (Å²) in [6.45, 7) is 0. The van der Waals surface area contributed by atoms with E-state index in [2.05, 4.69) is 0 Å². The maximum atomic E-state index is 13.5. The quantitative estimate of drug-likeness (QED) is 0.788. The Hall–Kier alpha value is -0.890. The molecule has 1 saturated carbocycles. The molecule has 0 heterocycles. The van der Waals surface area contributed by atoms with E-state index in [1.54, 1.807) is 12.1 Å². The Morgan fingerprint density at radius 2 is 2.06 bits per heavy atom. The van der Waals surface area contributed by atoms with Crippen LogP contribution in [0.25, 0.3) is 0 Å². The Labute approximate surface area is 106 Å². The molecule has 1 fully saturated rings. The second-order valence-corrected chi connectivity index (χ2v) is 5.18. The summed E-state index contributed by atoms with van der Waals surface area (Å²) in [5.74, 6) is 0.231. The zero-order valence-corrected chi connectivity index (χ0v) is 10.5. The van der Waals surface area contributed by atoms with Gasteiger partial charge in [-0.15, -0.1) is 0 Å². The fourth-order valence-corrected chi connectivity index (χ4v) is 2.74. The van der Waals surface area contributed by atoms with Crippen molar-refractivity contribution in [2.24, 2.45) is 5.92 Å². The summed E-state index contributed by atoms with van der Waals surface area (Å²) >= 11 is 5.90. The molecule has 1 aromatic carbocycles. The van der Waals surface area contributed by atoms with Crippen LogP contribution in [0, 0.1) is 11.7 Å². The highest BCUT2D eigenvalue weighted by atomic mass is 35.5. The molecule has 0 unspecified atom stereocenters. The molecule has 1 aromatic rings. The molecule has 0 amide bonds. The van der Waals surface area contributed by atoms with Crippen molar-refractivity contribution >= 4 is 17.4 Å². The summed E-state index contributed by atoms with van der Waals surface area (Å²) in [5.41, 5.74) is 0.345. The molecule has 1 aliphatic rings. The highest BCUT2D eigenvalue weighted by molar-refractivity contribution is 6.31. The molecular weight excluding hydrogens is 239 g/mol. The number of ketones is 1. The van der Waals surface area contributed by atoms with Crippen molar-refractivity contribution in [1.82, 2.24) is 0 Å². The van der Waals surface area contributed by atoms with Crippen LogP contribution in [0.5, 0.6) is 0 Å². The number of hydrogen-bond acceptors (Lipinski definition) is 1. The number of carbonyl (C=O) groups excluding carboxylic acids is 1. The van der Waals surface area contributed by atoms with Crippen LogP contribution >= 0.6 is 11.6 Å². The first-order valence-electron chi connectivity index (χ1n) is 6.11. The molecule has 0 radical (unpaired) electrons. The van der Waals surface area contributed by atoms with E-state index in [1.807, 2.05) is 0 Å². The van der Waals surface area contributed by atoms with E-state index in [1.165, 1.54) is 18.9 Å². The Bertz CT molecular complexity index is 390. The van der Waals surface area contributed by atoms with Crippen molar-refractivity contribution in [1.29, 1.82) is 0 Å². The van der Waals surface area contributed by atoms with E-state index >= 15 is 0 Å². The van der Waals surface area contributed by atoms with Gasteiger partial charge in [-0.25, -0.2) is 4.39 Å². The molecule has 0 N–H and O–H groups in total. The number of hydrogen-bond donors (Lipinski definition) is 0. The summed E-state index contributed by atoms with van der Waals surface area (Å²) in [7, 11) is 0. The lowest BCUT2D eigenvalue weighted by atomic mass is 9.97. The normalized spacial score (nSPS) is 16.4. The molecule has 0 bridgehead atoms. The Morgan fingerprint density at radius 3 is 2.71 bits per heavy atom. The molecule has 0 saturated heterocycles. The predicted octanol–water partition coefficient (Wildman–Crippen LogP) is 4.17. The summed E-state index contributed by atoms with van der Waals surface area (Å²) in [6.07, 6.45) is 5.41. The molecule has 17 heavy (non-hydrogen) atoms. The van der Waals surface area contributed by atoms with Gasteiger partial charge in [-0.05, 0) is 18.1 Å². The third-order valence-electron chi connectivity index (χ3n) is 3.43. The lowest BCUT2D eigenvalue weighted by Crippen LogP contribution is -2.09. The smallest absolute Gasteiger partial charge is 0.137 e. The van der Waals surface area contributed by atoms with Crippen LogP contribution in [0.15, 0.2) is 18.2 Å². The number of benzene rings is 1. The lowest BCUT2D eigenvalue weighted by molar-refractivity contribution is -0.119. The molecule has 2 rings (SSSR count). The highest BCUT2D eigenvalue weighted by Crippen LogP contribution is 2.28. The fourth-order valence-electron chi connectivity index (χ4n) is 2.51. The van der Waals surface area contributed by atoms with Crippen molar-refractivity contribution in [2.75, 3.05) is 0 Å². The van der Waals surface area contributed by atoms with Gasteiger partial charge in [0, 0.05) is 23.4 Å². The molecule has 3 heteroatoms. The summed E-state index contributed by atoms with van der Waals surface area (Å²) in [6, 6.07) is 4.54. The number of Topliss-reactive ketones (excluding diaryl/α,β-unsaturated/α-hetero) is 1. The van der Waals surface area contributed by atoms with Gasteiger partial charge in [-0.2, -0.15) is 0 Å². The average molecular weight is 255 g/mol. The molecular formula is C14H16ClFO. The largest absolute Gasteiger partial charge is 0.299 e. The maximum absolute atomic E-state index is 13.5. The van der Waals surface area contributed by atoms with Crippen molar-refractivity contribution in [3.8, 4) is 0 Å². The minimum absolute atomic E-state index is 0.101. The van der Waals surface area contributed by atoms with E-state index in [4.69, 9.17) is 11.6 Å². The Kier molecular flexibility index (Phi) is 4.16. The summed E-state index contributed by atoms with van der Waals surface area (Å²) in [4.78, 5) is 11.8.